The van der Waals surface area contributed by atoms with Crippen molar-refractivity contribution in [3.8, 4) is 0 Å². The molecule has 2 aliphatic heterocycles. The number of nitrogens with zero attached hydrogens (tertiary/aromatic N) is 2. The zero-order chi connectivity index (χ0) is 46.5. The molecule has 4 aliphatic carbocycles. The number of nitrogens with one attached hydrogen (secondary N) is 4. The molecule has 12 nitrogen and oxygen atoms in total. The molecule has 6 fully saturated rings. The average molecular weight is 909 g/mol. The molecule has 4 N–H and O–H groups in total. The summed E-state index contributed by atoms with van der Waals surface area (Å²) in [5.41, 5.74) is 5.30. The standard InChI is InChI=1S/C56H56N6O6/c63-51(57-47-25-39(47)33-13-5-1-6-14-33)43-29-61(30-44(43)52(64)58-48-26-40(48)34-15-7-2-8-16-34)55(67)37-21-23-38(24-22-37)56(68)62-31-45(53(65)59-49-27-41(49)35-17-9-3-10-18-35)46(32-62)54(66)60-50-28-42(50)36-19-11-4-12-20-36/h1-24,39-50H,25-32H2,(H,57,63)(H,58,64)(H,59,65)(H,60,66)/t39-,40-,41-,42-,43+,44+,45?,46?,47+,48+,49+,50+/m0/s1. The van der Waals surface area contributed by atoms with Crippen molar-refractivity contribution in [2.75, 3.05) is 26.2 Å². The fourth-order valence-corrected chi connectivity index (χ4v) is 11.0. The molecular formula is C56H56N6O6. The van der Waals surface area contributed by atoms with Crippen molar-refractivity contribution in [2.24, 2.45) is 23.7 Å². The zero-order valence-electron chi connectivity index (χ0n) is 37.8. The topological polar surface area (TPSA) is 157 Å². The van der Waals surface area contributed by atoms with Crippen LogP contribution in [0.3, 0.4) is 0 Å². The molecule has 0 aromatic heterocycles. The lowest BCUT2D eigenvalue weighted by Gasteiger charge is -2.18. The van der Waals surface area contributed by atoms with Gasteiger partial charge >= 0.3 is 0 Å². The van der Waals surface area contributed by atoms with Crippen LogP contribution in [0, 0.1) is 23.7 Å². The lowest BCUT2D eigenvalue weighted by molar-refractivity contribution is -0.133. The van der Waals surface area contributed by atoms with Crippen LogP contribution in [0.4, 0.5) is 0 Å². The third kappa shape index (κ3) is 9.16. The first kappa shape index (κ1) is 43.5. The van der Waals surface area contributed by atoms with Crippen LogP contribution >= 0.6 is 0 Å². The molecule has 0 radical (unpaired) electrons. The van der Waals surface area contributed by atoms with Crippen molar-refractivity contribution in [2.45, 2.75) is 73.5 Å². The van der Waals surface area contributed by atoms with E-state index in [9.17, 15) is 28.8 Å². The maximum Gasteiger partial charge on any atom is 0.253 e. The highest BCUT2D eigenvalue weighted by Gasteiger charge is 2.51. The van der Waals surface area contributed by atoms with E-state index in [-0.39, 0.29) is 109 Å². The van der Waals surface area contributed by atoms with Gasteiger partial charge in [0.05, 0.1) is 23.7 Å². The first-order valence-electron chi connectivity index (χ1n) is 24.3. The van der Waals surface area contributed by atoms with E-state index in [2.05, 4.69) is 69.8 Å². The van der Waals surface area contributed by atoms with E-state index < -0.39 is 23.7 Å². The van der Waals surface area contributed by atoms with E-state index >= 15 is 0 Å². The maximum absolute atomic E-state index is 14.2. The highest BCUT2D eigenvalue weighted by atomic mass is 16.2. The Morgan fingerprint density at radius 1 is 0.324 bits per heavy atom. The Morgan fingerprint density at radius 3 is 0.765 bits per heavy atom. The average Bonchev–Trinajstić information content (AvgIpc) is 4.31. The SMILES string of the molecule is O=C(N[C@@H]1C[C@H]1c1ccccc1)C1CN(C(=O)c2ccc(C(=O)N3C[C@@H](C(=O)N[C@@H]4C[C@H]4c4ccccc4)[C@H](C(=O)N[C@@H]4C[C@H]4c4ccccc4)C3)cc2)CC1C(=O)N[C@@H]1C[C@H]1c1ccccc1. The second-order valence-electron chi connectivity index (χ2n) is 19.9. The summed E-state index contributed by atoms with van der Waals surface area (Å²) in [6.45, 7) is 0.331. The number of carbonyl (C=O) groups is 6. The molecule has 2 unspecified atom stereocenters. The molecule has 5 aromatic carbocycles. The summed E-state index contributed by atoms with van der Waals surface area (Å²) < 4.78 is 0. The second-order valence-corrected chi connectivity index (χ2v) is 19.9. The van der Waals surface area contributed by atoms with Crippen LogP contribution in [0.1, 0.15) is 92.3 Å². The van der Waals surface area contributed by atoms with Crippen LogP contribution in [0.25, 0.3) is 0 Å². The van der Waals surface area contributed by atoms with Gasteiger partial charge in [-0.3, -0.25) is 28.8 Å². The summed E-state index contributed by atoms with van der Waals surface area (Å²) >= 11 is 0. The fraction of sp³-hybridized carbons (Fsp3) is 0.357. The van der Waals surface area contributed by atoms with Crippen LogP contribution in [0.2, 0.25) is 0 Å². The summed E-state index contributed by atoms with van der Waals surface area (Å²) in [5, 5.41) is 12.8. The van der Waals surface area contributed by atoms with Gasteiger partial charge in [-0.2, -0.15) is 0 Å². The Hall–Kier alpha value is -7.08. The second kappa shape index (κ2) is 18.2. The number of hydrogen-bond donors (Lipinski definition) is 4. The highest BCUT2D eigenvalue weighted by Crippen LogP contribution is 2.44. The molecule has 12 heteroatoms. The van der Waals surface area contributed by atoms with Gasteiger partial charge in [-0.25, -0.2) is 0 Å². The number of likely N-dealkylation sites (tertiary alicyclic amines) is 2. The van der Waals surface area contributed by atoms with E-state index in [0.29, 0.717) is 11.1 Å². The van der Waals surface area contributed by atoms with Gasteiger partial charge in [0.2, 0.25) is 23.6 Å². The van der Waals surface area contributed by atoms with Gasteiger partial charge in [0, 0.05) is 85.1 Å². The van der Waals surface area contributed by atoms with Crippen molar-refractivity contribution >= 4 is 35.4 Å². The fourth-order valence-electron chi connectivity index (χ4n) is 11.0. The van der Waals surface area contributed by atoms with Crippen molar-refractivity contribution in [3.05, 3.63) is 179 Å². The van der Waals surface area contributed by atoms with Gasteiger partial charge in [0.15, 0.2) is 0 Å². The summed E-state index contributed by atoms with van der Waals surface area (Å²) in [4.78, 5) is 87.5. The molecule has 6 aliphatic rings. The Bertz CT molecular complexity index is 2370. The summed E-state index contributed by atoms with van der Waals surface area (Å²) in [7, 11) is 0. The number of carbonyl (C=O) groups excluding carboxylic acids is 6. The Kier molecular flexibility index (Phi) is 11.6. The number of amides is 6. The van der Waals surface area contributed by atoms with E-state index in [4.69, 9.17) is 0 Å². The van der Waals surface area contributed by atoms with Crippen molar-refractivity contribution in [3.63, 3.8) is 0 Å². The molecule has 0 bridgehead atoms. The van der Waals surface area contributed by atoms with Gasteiger partial charge in [-0.15, -0.1) is 0 Å². The quantitative estimate of drug-likeness (QED) is 0.111. The summed E-state index contributed by atoms with van der Waals surface area (Å²) in [6, 6.07) is 46.5. The molecule has 11 rings (SSSR count). The van der Waals surface area contributed by atoms with Crippen molar-refractivity contribution < 1.29 is 28.8 Å². The lowest BCUT2D eigenvalue weighted by atomic mass is 9.94. The molecule has 6 amide bonds. The molecule has 2 heterocycles. The Balaban J connectivity index is 0.756. The Morgan fingerprint density at radius 2 is 0.544 bits per heavy atom. The minimum atomic E-state index is -0.732. The first-order chi connectivity index (χ1) is 33.2. The Labute approximate surface area is 396 Å². The third-order valence-corrected chi connectivity index (χ3v) is 15.3. The van der Waals surface area contributed by atoms with Gasteiger partial charge in [-0.1, -0.05) is 121 Å². The van der Waals surface area contributed by atoms with E-state index in [0.717, 1.165) is 47.9 Å². The van der Waals surface area contributed by atoms with Crippen LogP contribution in [0.15, 0.2) is 146 Å². The summed E-state index contributed by atoms with van der Waals surface area (Å²) in [6.07, 6.45) is 3.27. The van der Waals surface area contributed by atoms with Crippen molar-refractivity contribution in [1.29, 1.82) is 0 Å². The molecule has 4 saturated carbocycles. The van der Waals surface area contributed by atoms with E-state index in [1.165, 1.54) is 0 Å². The number of hydrogen-bond acceptors (Lipinski definition) is 6. The van der Waals surface area contributed by atoms with Crippen molar-refractivity contribution in [1.82, 2.24) is 31.1 Å². The van der Waals surface area contributed by atoms with Crippen LogP contribution in [-0.4, -0.2) is 95.6 Å². The highest BCUT2D eigenvalue weighted by molar-refractivity contribution is 6.00. The predicted octanol–water partition coefficient (Wildman–Crippen LogP) is 5.75. The van der Waals surface area contributed by atoms with E-state index in [1.54, 1.807) is 34.1 Å². The smallest absolute Gasteiger partial charge is 0.253 e. The lowest BCUT2D eigenvalue weighted by Crippen LogP contribution is -2.43. The zero-order valence-corrected chi connectivity index (χ0v) is 37.8. The predicted molar refractivity (Wildman–Crippen MR) is 255 cm³/mol. The van der Waals surface area contributed by atoms with Crippen LogP contribution < -0.4 is 21.3 Å². The monoisotopic (exact) mass is 908 g/mol. The maximum atomic E-state index is 14.2. The minimum Gasteiger partial charge on any atom is -0.352 e. The van der Waals surface area contributed by atoms with Gasteiger partial charge in [-0.05, 0) is 72.2 Å². The summed E-state index contributed by atoms with van der Waals surface area (Å²) in [5.74, 6) is -3.68. The first-order valence-corrected chi connectivity index (χ1v) is 24.3. The van der Waals surface area contributed by atoms with Gasteiger partial charge < -0.3 is 31.1 Å². The van der Waals surface area contributed by atoms with Crippen LogP contribution in [0.5, 0.6) is 0 Å². The molecule has 68 heavy (non-hydrogen) atoms. The molecule has 346 valence electrons. The minimum absolute atomic E-state index is 0.0327. The molecule has 2 saturated heterocycles. The molecule has 12 atom stereocenters. The van der Waals surface area contributed by atoms with E-state index in [1.807, 2.05) is 72.8 Å². The normalized spacial score (nSPS) is 29.6. The molecule has 0 spiro atoms. The third-order valence-electron chi connectivity index (χ3n) is 15.3. The number of rotatable bonds is 14. The van der Waals surface area contributed by atoms with Gasteiger partial charge in [0.1, 0.15) is 0 Å². The molecule has 5 aromatic rings. The number of benzene rings is 5. The molecular weight excluding hydrogens is 853 g/mol. The van der Waals surface area contributed by atoms with Gasteiger partial charge in [0.25, 0.3) is 11.8 Å². The largest absolute Gasteiger partial charge is 0.352 e. The van der Waals surface area contributed by atoms with Crippen LogP contribution in [-0.2, 0) is 19.2 Å².